The van der Waals surface area contributed by atoms with Gasteiger partial charge in [-0.05, 0) is 48.9 Å². The fourth-order valence-corrected chi connectivity index (χ4v) is 2.29. The normalized spacial score (nSPS) is 10.2. The first-order valence-corrected chi connectivity index (χ1v) is 7.25. The van der Waals surface area contributed by atoms with E-state index in [-0.39, 0.29) is 0 Å². The quantitative estimate of drug-likeness (QED) is 0.800. The van der Waals surface area contributed by atoms with Crippen LogP contribution in [0.5, 0.6) is 11.5 Å². The molecule has 0 aliphatic rings. The SMILES string of the molecule is COc1ccc(NCCOc2cccc(Br)c2)cc1C. The Kier molecular flexibility index (Phi) is 5.30. The summed E-state index contributed by atoms with van der Waals surface area (Å²) in [4.78, 5) is 0. The van der Waals surface area contributed by atoms with Crippen LogP contribution in [0.1, 0.15) is 5.56 Å². The maximum Gasteiger partial charge on any atom is 0.121 e. The van der Waals surface area contributed by atoms with E-state index in [0.717, 1.165) is 33.8 Å². The van der Waals surface area contributed by atoms with Crippen molar-refractivity contribution in [1.29, 1.82) is 0 Å². The Morgan fingerprint density at radius 2 is 2.00 bits per heavy atom. The molecule has 0 aliphatic heterocycles. The standard InChI is InChI=1S/C16H18BrNO2/c1-12-10-14(6-7-16(12)19-2)18-8-9-20-15-5-3-4-13(17)11-15/h3-7,10-11,18H,8-9H2,1-2H3. The summed E-state index contributed by atoms with van der Waals surface area (Å²) in [7, 11) is 1.68. The van der Waals surface area contributed by atoms with Gasteiger partial charge in [0.1, 0.15) is 18.1 Å². The summed E-state index contributed by atoms with van der Waals surface area (Å²) in [6.07, 6.45) is 0. The zero-order chi connectivity index (χ0) is 14.4. The molecular formula is C16H18BrNO2. The van der Waals surface area contributed by atoms with Crippen LogP contribution in [0, 0.1) is 6.92 Å². The molecule has 0 atom stereocenters. The van der Waals surface area contributed by atoms with E-state index in [0.29, 0.717) is 6.61 Å². The van der Waals surface area contributed by atoms with Gasteiger partial charge in [-0.3, -0.25) is 0 Å². The van der Waals surface area contributed by atoms with E-state index in [1.165, 1.54) is 0 Å². The third-order valence-electron chi connectivity index (χ3n) is 2.89. The number of hydrogen-bond donors (Lipinski definition) is 1. The molecule has 0 aromatic heterocycles. The number of nitrogens with one attached hydrogen (secondary N) is 1. The number of halogens is 1. The highest BCUT2D eigenvalue weighted by atomic mass is 79.9. The highest BCUT2D eigenvalue weighted by molar-refractivity contribution is 9.10. The highest BCUT2D eigenvalue weighted by Crippen LogP contribution is 2.21. The number of rotatable bonds is 6. The Bertz CT molecular complexity index is 572. The second-order valence-electron chi connectivity index (χ2n) is 4.42. The van der Waals surface area contributed by atoms with Crippen LogP contribution in [0.3, 0.4) is 0 Å². The van der Waals surface area contributed by atoms with E-state index in [9.17, 15) is 0 Å². The smallest absolute Gasteiger partial charge is 0.121 e. The van der Waals surface area contributed by atoms with Gasteiger partial charge in [0.2, 0.25) is 0 Å². The summed E-state index contributed by atoms with van der Waals surface area (Å²) in [5, 5.41) is 3.33. The summed E-state index contributed by atoms with van der Waals surface area (Å²) in [5.41, 5.74) is 2.19. The van der Waals surface area contributed by atoms with Crippen LogP contribution in [0.4, 0.5) is 5.69 Å². The topological polar surface area (TPSA) is 30.5 Å². The van der Waals surface area contributed by atoms with Crippen molar-refractivity contribution in [1.82, 2.24) is 0 Å². The monoisotopic (exact) mass is 335 g/mol. The van der Waals surface area contributed by atoms with Gasteiger partial charge in [0.15, 0.2) is 0 Å². The van der Waals surface area contributed by atoms with Crippen LogP contribution in [0.15, 0.2) is 46.9 Å². The van der Waals surface area contributed by atoms with Gasteiger partial charge in [-0.1, -0.05) is 22.0 Å². The molecule has 0 saturated carbocycles. The molecule has 0 saturated heterocycles. The lowest BCUT2D eigenvalue weighted by Gasteiger charge is -2.11. The van der Waals surface area contributed by atoms with Gasteiger partial charge in [-0.2, -0.15) is 0 Å². The van der Waals surface area contributed by atoms with Crippen molar-refractivity contribution in [2.24, 2.45) is 0 Å². The van der Waals surface area contributed by atoms with Crippen LogP contribution in [0.2, 0.25) is 0 Å². The zero-order valence-corrected chi connectivity index (χ0v) is 13.2. The summed E-state index contributed by atoms with van der Waals surface area (Å²) in [5.74, 6) is 1.77. The molecule has 0 heterocycles. The lowest BCUT2D eigenvalue weighted by Crippen LogP contribution is -2.11. The molecule has 0 spiro atoms. The molecule has 2 aromatic carbocycles. The van der Waals surface area contributed by atoms with Crippen molar-refractivity contribution >= 4 is 21.6 Å². The first-order chi connectivity index (χ1) is 9.69. The van der Waals surface area contributed by atoms with Crippen molar-refractivity contribution in [2.45, 2.75) is 6.92 Å². The molecule has 20 heavy (non-hydrogen) atoms. The van der Waals surface area contributed by atoms with Gasteiger partial charge in [0, 0.05) is 16.7 Å². The molecule has 1 N–H and O–H groups in total. The van der Waals surface area contributed by atoms with Crippen molar-refractivity contribution in [3.8, 4) is 11.5 Å². The van der Waals surface area contributed by atoms with Crippen molar-refractivity contribution < 1.29 is 9.47 Å². The Labute approximate surface area is 128 Å². The van der Waals surface area contributed by atoms with Crippen molar-refractivity contribution in [3.63, 3.8) is 0 Å². The fourth-order valence-electron chi connectivity index (χ4n) is 1.91. The van der Waals surface area contributed by atoms with Crippen LogP contribution in [-0.4, -0.2) is 20.3 Å². The van der Waals surface area contributed by atoms with E-state index < -0.39 is 0 Å². The summed E-state index contributed by atoms with van der Waals surface area (Å²) in [6.45, 7) is 3.39. The third-order valence-corrected chi connectivity index (χ3v) is 3.38. The first-order valence-electron chi connectivity index (χ1n) is 6.46. The largest absolute Gasteiger partial charge is 0.496 e. The van der Waals surface area contributed by atoms with Crippen molar-refractivity contribution in [2.75, 3.05) is 25.6 Å². The molecule has 0 fully saturated rings. The minimum atomic E-state index is 0.613. The third kappa shape index (κ3) is 4.17. The number of aryl methyl sites for hydroxylation is 1. The molecule has 0 amide bonds. The molecule has 0 radical (unpaired) electrons. The summed E-state index contributed by atoms with van der Waals surface area (Å²) < 4.78 is 11.9. The predicted molar refractivity (Wildman–Crippen MR) is 85.9 cm³/mol. The Morgan fingerprint density at radius 1 is 1.15 bits per heavy atom. The molecule has 106 valence electrons. The Balaban J connectivity index is 1.80. The minimum Gasteiger partial charge on any atom is -0.496 e. The number of ether oxygens (including phenoxy) is 2. The van der Waals surface area contributed by atoms with Crippen LogP contribution in [0.25, 0.3) is 0 Å². The second kappa shape index (κ2) is 7.20. The molecule has 0 aliphatic carbocycles. The summed E-state index contributed by atoms with van der Waals surface area (Å²) in [6, 6.07) is 13.9. The second-order valence-corrected chi connectivity index (χ2v) is 5.33. The first kappa shape index (κ1) is 14.7. The number of anilines is 1. The number of methoxy groups -OCH3 is 1. The minimum absolute atomic E-state index is 0.613. The Morgan fingerprint density at radius 3 is 2.70 bits per heavy atom. The molecule has 4 heteroatoms. The lowest BCUT2D eigenvalue weighted by atomic mass is 10.2. The average molecular weight is 336 g/mol. The van der Waals surface area contributed by atoms with Gasteiger partial charge in [-0.15, -0.1) is 0 Å². The van der Waals surface area contributed by atoms with Gasteiger partial charge >= 0.3 is 0 Å². The van der Waals surface area contributed by atoms with Crippen LogP contribution >= 0.6 is 15.9 Å². The van der Waals surface area contributed by atoms with Gasteiger partial charge in [0.05, 0.1) is 7.11 Å². The lowest BCUT2D eigenvalue weighted by molar-refractivity contribution is 0.332. The van der Waals surface area contributed by atoms with Gasteiger partial charge in [-0.25, -0.2) is 0 Å². The molecule has 0 bridgehead atoms. The number of benzene rings is 2. The maximum absolute atomic E-state index is 5.67. The average Bonchev–Trinajstić information content (AvgIpc) is 2.44. The van der Waals surface area contributed by atoms with E-state index in [1.54, 1.807) is 7.11 Å². The van der Waals surface area contributed by atoms with E-state index in [4.69, 9.17) is 9.47 Å². The van der Waals surface area contributed by atoms with E-state index >= 15 is 0 Å². The molecule has 2 rings (SSSR count). The van der Waals surface area contributed by atoms with Crippen LogP contribution < -0.4 is 14.8 Å². The molecular weight excluding hydrogens is 318 g/mol. The summed E-state index contributed by atoms with van der Waals surface area (Å²) >= 11 is 3.42. The van der Waals surface area contributed by atoms with E-state index in [1.807, 2.05) is 43.3 Å². The fraction of sp³-hybridized carbons (Fsp3) is 0.250. The number of hydrogen-bond acceptors (Lipinski definition) is 3. The van der Waals surface area contributed by atoms with E-state index in [2.05, 4.69) is 27.3 Å². The van der Waals surface area contributed by atoms with Crippen LogP contribution in [-0.2, 0) is 0 Å². The van der Waals surface area contributed by atoms with Gasteiger partial charge < -0.3 is 14.8 Å². The zero-order valence-electron chi connectivity index (χ0n) is 11.7. The maximum atomic E-state index is 5.67. The highest BCUT2D eigenvalue weighted by Gasteiger charge is 1.99. The molecule has 2 aromatic rings. The predicted octanol–water partition coefficient (Wildman–Crippen LogP) is 4.26. The Hall–Kier alpha value is -1.68. The van der Waals surface area contributed by atoms with Crippen molar-refractivity contribution in [3.05, 3.63) is 52.5 Å². The van der Waals surface area contributed by atoms with Gasteiger partial charge in [0.25, 0.3) is 0 Å². The molecule has 0 unspecified atom stereocenters. The molecule has 3 nitrogen and oxygen atoms in total.